The van der Waals surface area contributed by atoms with Crippen molar-refractivity contribution in [1.82, 2.24) is 0 Å². The van der Waals surface area contributed by atoms with Gasteiger partial charge in [0, 0.05) is 10.0 Å². The van der Waals surface area contributed by atoms with Gasteiger partial charge in [-0.3, -0.25) is 4.79 Å². The summed E-state index contributed by atoms with van der Waals surface area (Å²) in [6.45, 7) is 3.86. The minimum Gasteiger partial charge on any atom is -0.321 e. The van der Waals surface area contributed by atoms with Gasteiger partial charge in [0.25, 0.3) is 5.91 Å². The first-order chi connectivity index (χ1) is 8.97. The highest BCUT2D eigenvalue weighted by atomic mass is 79.9. The third-order valence-corrected chi connectivity index (χ3v) is 3.64. The fraction of sp³-hybridized carbons (Fsp3) is 0.133. The number of amides is 1. The Morgan fingerprint density at radius 1 is 1.16 bits per heavy atom. The van der Waals surface area contributed by atoms with Crippen molar-refractivity contribution in [2.75, 3.05) is 5.32 Å². The monoisotopic (exact) mass is 337 g/mol. The molecule has 1 amide bonds. The van der Waals surface area contributed by atoms with E-state index >= 15 is 0 Å². The third-order valence-electron chi connectivity index (χ3n) is 2.81. The predicted molar refractivity (Wildman–Crippen MR) is 83.0 cm³/mol. The Morgan fingerprint density at radius 3 is 2.63 bits per heavy atom. The normalized spacial score (nSPS) is 10.3. The van der Waals surface area contributed by atoms with Crippen molar-refractivity contribution in [1.29, 1.82) is 0 Å². The van der Waals surface area contributed by atoms with Gasteiger partial charge in [-0.2, -0.15) is 0 Å². The molecule has 0 heterocycles. The zero-order chi connectivity index (χ0) is 14.0. The standard InChI is InChI=1S/C15H13BrClNO/c1-9-3-6-13(17)14(7-9)18-15(19)12-8-11(16)5-4-10(12)2/h3-8H,1-2H3,(H,18,19). The molecule has 2 rings (SSSR count). The van der Waals surface area contributed by atoms with Gasteiger partial charge >= 0.3 is 0 Å². The molecule has 0 fully saturated rings. The maximum Gasteiger partial charge on any atom is 0.256 e. The molecule has 0 aliphatic rings. The summed E-state index contributed by atoms with van der Waals surface area (Å²) in [5.74, 6) is -0.161. The molecule has 2 aromatic rings. The Morgan fingerprint density at radius 2 is 1.89 bits per heavy atom. The maximum atomic E-state index is 12.3. The number of carbonyl (C=O) groups is 1. The fourth-order valence-electron chi connectivity index (χ4n) is 1.76. The first-order valence-electron chi connectivity index (χ1n) is 5.81. The van der Waals surface area contributed by atoms with E-state index in [1.54, 1.807) is 12.1 Å². The van der Waals surface area contributed by atoms with Crippen molar-refractivity contribution in [2.45, 2.75) is 13.8 Å². The average molecular weight is 339 g/mol. The van der Waals surface area contributed by atoms with E-state index in [0.29, 0.717) is 16.3 Å². The van der Waals surface area contributed by atoms with Crippen molar-refractivity contribution in [3.05, 3.63) is 62.6 Å². The summed E-state index contributed by atoms with van der Waals surface area (Å²) in [6.07, 6.45) is 0. The molecular formula is C15H13BrClNO. The molecule has 1 N–H and O–H groups in total. The summed E-state index contributed by atoms with van der Waals surface area (Å²) < 4.78 is 0.874. The summed E-state index contributed by atoms with van der Waals surface area (Å²) in [5.41, 5.74) is 3.23. The lowest BCUT2D eigenvalue weighted by Gasteiger charge is -2.10. The number of benzene rings is 2. The largest absolute Gasteiger partial charge is 0.321 e. The molecular weight excluding hydrogens is 326 g/mol. The van der Waals surface area contributed by atoms with Crippen LogP contribution in [-0.2, 0) is 0 Å². The molecule has 0 atom stereocenters. The summed E-state index contributed by atoms with van der Waals surface area (Å²) in [7, 11) is 0. The number of aryl methyl sites for hydroxylation is 2. The highest BCUT2D eigenvalue weighted by Gasteiger charge is 2.11. The van der Waals surface area contributed by atoms with Crippen molar-refractivity contribution >= 4 is 39.1 Å². The first-order valence-corrected chi connectivity index (χ1v) is 6.98. The van der Waals surface area contributed by atoms with E-state index < -0.39 is 0 Å². The zero-order valence-electron chi connectivity index (χ0n) is 10.6. The Hall–Kier alpha value is -1.32. The van der Waals surface area contributed by atoms with Crippen LogP contribution >= 0.6 is 27.5 Å². The molecule has 98 valence electrons. The number of halogens is 2. The van der Waals surface area contributed by atoms with Gasteiger partial charge in [0.05, 0.1) is 10.7 Å². The van der Waals surface area contributed by atoms with Crippen LogP contribution in [0, 0.1) is 13.8 Å². The Balaban J connectivity index is 2.30. The van der Waals surface area contributed by atoms with Crippen LogP contribution in [0.25, 0.3) is 0 Å². The number of anilines is 1. The van der Waals surface area contributed by atoms with Crippen LogP contribution in [0.4, 0.5) is 5.69 Å². The van der Waals surface area contributed by atoms with Gasteiger partial charge in [0.15, 0.2) is 0 Å². The molecule has 0 aliphatic carbocycles. The number of hydrogen-bond acceptors (Lipinski definition) is 1. The topological polar surface area (TPSA) is 29.1 Å². The summed E-state index contributed by atoms with van der Waals surface area (Å²) in [6, 6.07) is 11.1. The number of hydrogen-bond donors (Lipinski definition) is 1. The summed E-state index contributed by atoms with van der Waals surface area (Å²) in [5, 5.41) is 3.38. The van der Waals surface area contributed by atoms with E-state index in [9.17, 15) is 4.79 Å². The van der Waals surface area contributed by atoms with Crippen LogP contribution < -0.4 is 5.32 Å². The van der Waals surface area contributed by atoms with Crippen molar-refractivity contribution in [2.24, 2.45) is 0 Å². The molecule has 0 aromatic heterocycles. The lowest BCUT2D eigenvalue weighted by Crippen LogP contribution is -2.13. The second kappa shape index (κ2) is 5.76. The Bertz CT molecular complexity index is 640. The van der Waals surface area contributed by atoms with Crippen LogP contribution in [0.5, 0.6) is 0 Å². The Kier molecular flexibility index (Phi) is 4.27. The smallest absolute Gasteiger partial charge is 0.256 e. The van der Waals surface area contributed by atoms with Crippen molar-refractivity contribution < 1.29 is 4.79 Å². The third kappa shape index (κ3) is 3.37. The molecule has 0 radical (unpaired) electrons. The van der Waals surface area contributed by atoms with Crippen LogP contribution in [0.15, 0.2) is 40.9 Å². The molecule has 0 aliphatic heterocycles. The second-order valence-corrected chi connectivity index (χ2v) is 5.72. The summed E-state index contributed by atoms with van der Waals surface area (Å²) in [4.78, 5) is 12.3. The first kappa shape index (κ1) is 14.1. The molecule has 0 saturated heterocycles. The van der Waals surface area contributed by atoms with Gasteiger partial charge in [0.2, 0.25) is 0 Å². The molecule has 2 nitrogen and oxygen atoms in total. The number of carbonyl (C=O) groups excluding carboxylic acids is 1. The summed E-state index contributed by atoms with van der Waals surface area (Å²) >= 11 is 9.44. The molecule has 4 heteroatoms. The van der Waals surface area contributed by atoms with E-state index in [0.717, 1.165) is 15.6 Å². The predicted octanol–water partition coefficient (Wildman–Crippen LogP) is 4.97. The fourth-order valence-corrected chi connectivity index (χ4v) is 2.29. The van der Waals surface area contributed by atoms with Crippen molar-refractivity contribution in [3.8, 4) is 0 Å². The van der Waals surface area contributed by atoms with Crippen LogP contribution in [-0.4, -0.2) is 5.91 Å². The minimum atomic E-state index is -0.161. The van der Waals surface area contributed by atoms with Crippen LogP contribution in [0.2, 0.25) is 5.02 Å². The van der Waals surface area contributed by atoms with Gasteiger partial charge in [-0.1, -0.05) is 39.7 Å². The lowest BCUT2D eigenvalue weighted by atomic mass is 10.1. The maximum absolute atomic E-state index is 12.3. The SMILES string of the molecule is Cc1ccc(Cl)c(NC(=O)c2cc(Br)ccc2C)c1. The Labute approximate surface area is 125 Å². The highest BCUT2D eigenvalue weighted by Crippen LogP contribution is 2.24. The van der Waals surface area contributed by atoms with E-state index in [1.165, 1.54) is 0 Å². The van der Waals surface area contributed by atoms with E-state index in [1.807, 2.05) is 38.1 Å². The lowest BCUT2D eigenvalue weighted by molar-refractivity contribution is 0.102. The molecule has 0 unspecified atom stereocenters. The molecule has 0 saturated carbocycles. The highest BCUT2D eigenvalue weighted by molar-refractivity contribution is 9.10. The minimum absolute atomic E-state index is 0.161. The van der Waals surface area contributed by atoms with Crippen LogP contribution in [0.3, 0.4) is 0 Å². The molecule has 19 heavy (non-hydrogen) atoms. The van der Waals surface area contributed by atoms with Gasteiger partial charge < -0.3 is 5.32 Å². The van der Waals surface area contributed by atoms with E-state index in [4.69, 9.17) is 11.6 Å². The van der Waals surface area contributed by atoms with Gasteiger partial charge in [0.1, 0.15) is 0 Å². The average Bonchev–Trinajstić information content (AvgIpc) is 2.36. The van der Waals surface area contributed by atoms with Gasteiger partial charge in [-0.15, -0.1) is 0 Å². The quantitative estimate of drug-likeness (QED) is 0.823. The van der Waals surface area contributed by atoms with Crippen LogP contribution in [0.1, 0.15) is 21.5 Å². The van der Waals surface area contributed by atoms with E-state index in [2.05, 4.69) is 21.2 Å². The van der Waals surface area contributed by atoms with E-state index in [-0.39, 0.29) is 5.91 Å². The zero-order valence-corrected chi connectivity index (χ0v) is 13.0. The number of rotatable bonds is 2. The molecule has 2 aromatic carbocycles. The number of nitrogens with one attached hydrogen (secondary N) is 1. The van der Waals surface area contributed by atoms with Gasteiger partial charge in [-0.05, 0) is 49.2 Å². The van der Waals surface area contributed by atoms with Crippen molar-refractivity contribution in [3.63, 3.8) is 0 Å². The molecule has 0 bridgehead atoms. The second-order valence-electron chi connectivity index (χ2n) is 4.40. The molecule has 0 spiro atoms. The van der Waals surface area contributed by atoms with Gasteiger partial charge in [-0.25, -0.2) is 0 Å².